The summed E-state index contributed by atoms with van der Waals surface area (Å²) in [6.45, 7) is 0. The molecule has 0 radical (unpaired) electrons. The van der Waals surface area contributed by atoms with Crippen LogP contribution in [-0.4, -0.2) is 16.2 Å². The molecule has 0 amide bonds. The first kappa shape index (κ1) is 12.7. The van der Waals surface area contributed by atoms with E-state index in [1.807, 2.05) is 42.7 Å². The van der Waals surface area contributed by atoms with Crippen molar-refractivity contribution in [1.29, 1.82) is 0 Å². The van der Waals surface area contributed by atoms with Gasteiger partial charge in [0.05, 0.1) is 10.9 Å². The molecule has 0 saturated carbocycles. The fourth-order valence-electron chi connectivity index (χ4n) is 1.89. The molecule has 0 aliphatic carbocycles. The molecule has 20 heavy (non-hydrogen) atoms. The van der Waals surface area contributed by atoms with Crippen molar-refractivity contribution in [2.24, 2.45) is 0 Å². The normalized spacial score (nSPS) is 10.7. The lowest BCUT2D eigenvalue weighted by Gasteiger charge is -2.08. The Morgan fingerprint density at radius 3 is 2.60 bits per heavy atom. The van der Waals surface area contributed by atoms with Crippen LogP contribution in [0.3, 0.4) is 0 Å². The van der Waals surface area contributed by atoms with Crippen LogP contribution >= 0.6 is 11.8 Å². The van der Waals surface area contributed by atoms with E-state index in [1.54, 1.807) is 17.8 Å². The van der Waals surface area contributed by atoms with E-state index in [4.69, 9.17) is 10.5 Å². The topological polar surface area (TPSA) is 61.0 Å². The van der Waals surface area contributed by atoms with Crippen LogP contribution in [0.15, 0.2) is 53.7 Å². The van der Waals surface area contributed by atoms with Crippen LogP contribution in [0.1, 0.15) is 0 Å². The van der Waals surface area contributed by atoms with E-state index in [0.717, 1.165) is 16.7 Å². The number of nitrogen functional groups attached to an aromatic ring is 1. The first-order valence-electron chi connectivity index (χ1n) is 6.08. The van der Waals surface area contributed by atoms with Crippen molar-refractivity contribution in [2.75, 3.05) is 12.0 Å². The van der Waals surface area contributed by atoms with Gasteiger partial charge < -0.3 is 10.5 Å². The van der Waals surface area contributed by atoms with Gasteiger partial charge in [0.25, 0.3) is 0 Å². The smallest absolute Gasteiger partial charge is 0.230 e. The van der Waals surface area contributed by atoms with Crippen LogP contribution in [0.4, 0.5) is 5.69 Å². The fraction of sp³-hybridized carbons (Fsp3) is 0.0667. The SMILES string of the molecule is CSc1ccc(Oc2ncnc3cc(N)ccc23)cc1. The molecule has 1 aromatic heterocycles. The number of aromatic nitrogens is 2. The second-order valence-electron chi connectivity index (χ2n) is 4.23. The third-order valence-corrected chi connectivity index (χ3v) is 3.64. The minimum Gasteiger partial charge on any atom is -0.438 e. The predicted molar refractivity (Wildman–Crippen MR) is 82.2 cm³/mol. The minimum atomic E-state index is 0.534. The molecule has 5 heteroatoms. The molecule has 3 rings (SSSR count). The van der Waals surface area contributed by atoms with Crippen molar-refractivity contribution in [2.45, 2.75) is 4.90 Å². The average Bonchev–Trinajstić information content (AvgIpc) is 2.48. The number of nitrogens with zero attached hydrogens (tertiary/aromatic N) is 2. The predicted octanol–water partition coefficient (Wildman–Crippen LogP) is 3.73. The molecular formula is C15H13N3OS. The second-order valence-corrected chi connectivity index (χ2v) is 5.11. The summed E-state index contributed by atoms with van der Waals surface area (Å²) in [4.78, 5) is 9.58. The zero-order valence-electron chi connectivity index (χ0n) is 10.9. The number of benzene rings is 2. The summed E-state index contributed by atoms with van der Waals surface area (Å²) in [5.41, 5.74) is 7.20. The van der Waals surface area contributed by atoms with E-state index < -0.39 is 0 Å². The molecule has 0 aliphatic heterocycles. The molecule has 2 aromatic carbocycles. The summed E-state index contributed by atoms with van der Waals surface area (Å²) in [5.74, 6) is 1.28. The molecule has 2 N–H and O–H groups in total. The molecule has 0 saturated heterocycles. The van der Waals surface area contributed by atoms with Crippen LogP contribution in [0.25, 0.3) is 10.9 Å². The Kier molecular flexibility index (Phi) is 3.43. The van der Waals surface area contributed by atoms with E-state index >= 15 is 0 Å². The third kappa shape index (κ3) is 2.53. The van der Waals surface area contributed by atoms with Crippen LogP contribution < -0.4 is 10.5 Å². The van der Waals surface area contributed by atoms with Crippen molar-refractivity contribution in [3.63, 3.8) is 0 Å². The van der Waals surface area contributed by atoms with Gasteiger partial charge in [-0.3, -0.25) is 0 Å². The summed E-state index contributed by atoms with van der Waals surface area (Å²) in [7, 11) is 0. The molecular weight excluding hydrogens is 270 g/mol. The Labute approximate surface area is 121 Å². The Hall–Kier alpha value is -2.27. The maximum atomic E-state index is 5.83. The van der Waals surface area contributed by atoms with Crippen LogP contribution in [0.5, 0.6) is 11.6 Å². The molecule has 4 nitrogen and oxygen atoms in total. The highest BCUT2D eigenvalue weighted by molar-refractivity contribution is 7.98. The molecule has 100 valence electrons. The van der Waals surface area contributed by atoms with E-state index in [9.17, 15) is 0 Å². The van der Waals surface area contributed by atoms with E-state index in [1.165, 1.54) is 11.2 Å². The van der Waals surface area contributed by atoms with Gasteiger partial charge in [0.2, 0.25) is 5.88 Å². The number of fused-ring (bicyclic) bond motifs is 1. The molecule has 0 spiro atoms. The van der Waals surface area contributed by atoms with Gasteiger partial charge in [-0.2, -0.15) is 0 Å². The number of hydrogen-bond donors (Lipinski definition) is 1. The largest absolute Gasteiger partial charge is 0.438 e. The summed E-state index contributed by atoms with van der Waals surface area (Å²) in [5, 5.41) is 0.843. The minimum absolute atomic E-state index is 0.534. The summed E-state index contributed by atoms with van der Waals surface area (Å²) >= 11 is 1.69. The van der Waals surface area contributed by atoms with Crippen molar-refractivity contribution >= 4 is 28.4 Å². The van der Waals surface area contributed by atoms with E-state index in [0.29, 0.717) is 11.6 Å². The van der Waals surface area contributed by atoms with Gasteiger partial charge in [-0.25, -0.2) is 9.97 Å². The fourth-order valence-corrected chi connectivity index (χ4v) is 2.29. The summed E-state index contributed by atoms with van der Waals surface area (Å²) < 4.78 is 5.83. The number of hydrogen-bond acceptors (Lipinski definition) is 5. The van der Waals surface area contributed by atoms with Crippen LogP contribution in [0.2, 0.25) is 0 Å². The lowest BCUT2D eigenvalue weighted by Crippen LogP contribution is -1.92. The second kappa shape index (κ2) is 5.38. The molecule has 3 aromatic rings. The summed E-state index contributed by atoms with van der Waals surface area (Å²) in [6, 6.07) is 13.4. The number of anilines is 1. The van der Waals surface area contributed by atoms with Gasteiger partial charge in [0.1, 0.15) is 12.1 Å². The number of ether oxygens (including phenoxy) is 1. The van der Waals surface area contributed by atoms with Crippen LogP contribution in [0, 0.1) is 0 Å². The first-order chi connectivity index (χ1) is 9.76. The van der Waals surface area contributed by atoms with Gasteiger partial charge >= 0.3 is 0 Å². The monoisotopic (exact) mass is 283 g/mol. The Morgan fingerprint density at radius 1 is 1.05 bits per heavy atom. The quantitative estimate of drug-likeness (QED) is 0.586. The molecule has 0 unspecified atom stereocenters. The zero-order valence-corrected chi connectivity index (χ0v) is 11.7. The number of rotatable bonds is 3. The number of thioether (sulfide) groups is 1. The Balaban J connectivity index is 1.97. The first-order valence-corrected chi connectivity index (χ1v) is 7.31. The van der Waals surface area contributed by atoms with Crippen molar-refractivity contribution in [3.8, 4) is 11.6 Å². The maximum absolute atomic E-state index is 5.83. The van der Waals surface area contributed by atoms with Gasteiger partial charge in [-0.15, -0.1) is 11.8 Å². The molecule has 0 fully saturated rings. The van der Waals surface area contributed by atoms with Gasteiger partial charge in [0, 0.05) is 10.6 Å². The lowest BCUT2D eigenvalue weighted by atomic mass is 10.2. The maximum Gasteiger partial charge on any atom is 0.230 e. The van der Waals surface area contributed by atoms with Crippen molar-refractivity contribution in [1.82, 2.24) is 9.97 Å². The summed E-state index contributed by atoms with van der Waals surface area (Å²) in [6.07, 6.45) is 3.52. The molecule has 0 aliphatic rings. The molecule has 0 bridgehead atoms. The van der Waals surface area contributed by atoms with Gasteiger partial charge in [0.15, 0.2) is 0 Å². The highest BCUT2D eigenvalue weighted by Crippen LogP contribution is 2.28. The Morgan fingerprint density at radius 2 is 1.85 bits per heavy atom. The highest BCUT2D eigenvalue weighted by atomic mass is 32.2. The lowest BCUT2D eigenvalue weighted by molar-refractivity contribution is 0.468. The Bertz CT molecular complexity index is 744. The third-order valence-electron chi connectivity index (χ3n) is 2.90. The number of nitrogens with two attached hydrogens (primary N) is 1. The van der Waals surface area contributed by atoms with Gasteiger partial charge in [-0.1, -0.05) is 0 Å². The van der Waals surface area contributed by atoms with Crippen molar-refractivity contribution < 1.29 is 4.74 Å². The highest BCUT2D eigenvalue weighted by Gasteiger charge is 2.06. The standard InChI is InChI=1S/C15H13N3OS/c1-20-12-5-3-11(4-6-12)19-15-13-7-2-10(16)8-14(13)17-9-18-15/h2-9H,16H2,1H3. The van der Waals surface area contributed by atoms with Crippen molar-refractivity contribution in [3.05, 3.63) is 48.8 Å². The zero-order chi connectivity index (χ0) is 13.9. The molecule has 1 heterocycles. The van der Waals surface area contributed by atoms with E-state index in [-0.39, 0.29) is 0 Å². The average molecular weight is 283 g/mol. The van der Waals surface area contributed by atoms with Gasteiger partial charge in [-0.05, 0) is 48.7 Å². The molecule has 0 atom stereocenters. The van der Waals surface area contributed by atoms with E-state index in [2.05, 4.69) is 9.97 Å². The van der Waals surface area contributed by atoms with Crippen LogP contribution in [-0.2, 0) is 0 Å².